The molecule has 68 valence electrons. The minimum atomic E-state index is -0.560. The molecule has 0 aromatic carbocycles. The van der Waals surface area contributed by atoms with Crippen LogP contribution in [0.5, 0.6) is 0 Å². The van der Waals surface area contributed by atoms with E-state index in [1.54, 1.807) is 6.92 Å². The van der Waals surface area contributed by atoms with Crippen molar-refractivity contribution in [1.29, 1.82) is 0 Å². The molecule has 0 saturated carbocycles. The van der Waals surface area contributed by atoms with Gasteiger partial charge in [0.15, 0.2) is 0 Å². The topological polar surface area (TPSA) is 97.2 Å². The molecule has 10 heavy (non-hydrogen) atoms. The van der Waals surface area contributed by atoms with Crippen molar-refractivity contribution in [3.63, 3.8) is 0 Å². The van der Waals surface area contributed by atoms with Gasteiger partial charge in [-0.1, -0.05) is 0 Å². The third-order valence-corrected chi connectivity index (χ3v) is 0.264. The van der Waals surface area contributed by atoms with Crippen molar-refractivity contribution in [3.05, 3.63) is 0 Å². The average Bonchev–Trinajstić information content (AvgIpc) is 1.69. The number of rotatable bonds is 1. The standard InChI is InChI=1S/C3H8O2.C2H6O.ClH.H3N/c1-3(5)2-4;1-2-3;;/h3-5H,2H2,1H3;3H,2H2,1H3;1H;1H3. The van der Waals surface area contributed by atoms with E-state index >= 15 is 0 Å². The van der Waals surface area contributed by atoms with Crippen molar-refractivity contribution in [2.75, 3.05) is 13.2 Å². The maximum Gasteiger partial charge on any atom is 0.0742 e. The van der Waals surface area contributed by atoms with Crippen molar-refractivity contribution in [2.45, 2.75) is 20.0 Å². The highest BCUT2D eigenvalue weighted by Crippen LogP contribution is 1.68. The quantitative estimate of drug-likeness (QED) is 0.337. The first kappa shape index (κ1) is 22.5. The molecule has 0 saturated heterocycles. The molecule has 0 aliphatic carbocycles. The van der Waals surface area contributed by atoms with Gasteiger partial charge in [-0.15, -0.1) is 0 Å². The molecule has 0 heterocycles. The Morgan fingerprint density at radius 2 is 1.40 bits per heavy atom. The molecule has 0 aromatic heterocycles. The van der Waals surface area contributed by atoms with E-state index in [0.29, 0.717) is 0 Å². The zero-order chi connectivity index (χ0) is 6.99. The van der Waals surface area contributed by atoms with E-state index in [1.807, 2.05) is 0 Å². The maximum atomic E-state index is 8.11. The first-order chi connectivity index (χ1) is 3.68. The SMILES string of the molecule is CC(O)CO.CCO.[Cl-].[NH4+]. The third kappa shape index (κ3) is 91.1. The van der Waals surface area contributed by atoms with E-state index in [2.05, 4.69) is 0 Å². The summed E-state index contributed by atoms with van der Waals surface area (Å²) in [6.45, 7) is 3.32. The van der Waals surface area contributed by atoms with Crippen LogP contribution in [0.15, 0.2) is 0 Å². The molecule has 4 nitrogen and oxygen atoms in total. The molecule has 0 aromatic rings. The van der Waals surface area contributed by atoms with Gasteiger partial charge in [0.2, 0.25) is 0 Å². The Kier molecular flexibility index (Phi) is 51.5. The molecule has 7 N–H and O–H groups in total. The Balaban J connectivity index is -0.0000000326. The second-order valence-corrected chi connectivity index (χ2v) is 1.35. The fourth-order valence-electron chi connectivity index (χ4n) is 0. The zero-order valence-corrected chi connectivity index (χ0v) is 7.47. The lowest BCUT2D eigenvalue weighted by atomic mass is 10.5. The van der Waals surface area contributed by atoms with Gasteiger partial charge in [-0.25, -0.2) is 0 Å². The number of quaternary nitrogens is 1. The van der Waals surface area contributed by atoms with Crippen LogP contribution >= 0.6 is 0 Å². The van der Waals surface area contributed by atoms with E-state index in [4.69, 9.17) is 15.3 Å². The molecule has 0 amide bonds. The lowest BCUT2D eigenvalue weighted by Gasteiger charge is -1.90. The molecular formula is C5H18ClNO3. The smallest absolute Gasteiger partial charge is 0.0742 e. The van der Waals surface area contributed by atoms with Gasteiger partial charge in [0, 0.05) is 6.61 Å². The van der Waals surface area contributed by atoms with Crippen LogP contribution in [0.3, 0.4) is 0 Å². The van der Waals surface area contributed by atoms with Crippen LogP contribution in [0.4, 0.5) is 0 Å². The van der Waals surface area contributed by atoms with Gasteiger partial charge in [-0.05, 0) is 13.8 Å². The summed E-state index contributed by atoms with van der Waals surface area (Å²) >= 11 is 0. The minimum absolute atomic E-state index is 0. The first-order valence-corrected chi connectivity index (χ1v) is 2.58. The highest BCUT2D eigenvalue weighted by molar-refractivity contribution is 4.33. The largest absolute Gasteiger partial charge is 1.00 e. The van der Waals surface area contributed by atoms with Crippen LogP contribution in [0.2, 0.25) is 0 Å². The normalized spacial score (nSPS) is 9.30. The van der Waals surface area contributed by atoms with Gasteiger partial charge in [0.05, 0.1) is 12.7 Å². The monoisotopic (exact) mass is 175 g/mol. The van der Waals surface area contributed by atoms with Crippen molar-refractivity contribution in [2.24, 2.45) is 0 Å². The predicted molar refractivity (Wildman–Crippen MR) is 37.5 cm³/mol. The molecule has 0 aliphatic rings. The van der Waals surface area contributed by atoms with Gasteiger partial charge >= 0.3 is 0 Å². The molecule has 0 fully saturated rings. The first-order valence-electron chi connectivity index (χ1n) is 2.58. The Bertz CT molecular complexity index is 38.1. The summed E-state index contributed by atoms with van der Waals surface area (Å²) in [7, 11) is 0. The number of hydrogen-bond donors (Lipinski definition) is 4. The number of aliphatic hydroxyl groups is 3. The lowest BCUT2D eigenvalue weighted by Crippen LogP contribution is -3.00. The van der Waals surface area contributed by atoms with Gasteiger partial charge in [-0.2, -0.15) is 0 Å². The highest BCUT2D eigenvalue weighted by Gasteiger charge is 1.83. The van der Waals surface area contributed by atoms with Crippen LogP contribution in [-0.2, 0) is 0 Å². The Labute approximate surface area is 67.9 Å². The summed E-state index contributed by atoms with van der Waals surface area (Å²) in [6.07, 6.45) is -0.560. The molecule has 0 bridgehead atoms. The van der Waals surface area contributed by atoms with Crippen LogP contribution in [0.25, 0.3) is 0 Å². The van der Waals surface area contributed by atoms with E-state index < -0.39 is 6.10 Å². The number of halogens is 1. The van der Waals surface area contributed by atoms with Crippen LogP contribution in [0, 0.1) is 0 Å². The molecule has 0 spiro atoms. The van der Waals surface area contributed by atoms with E-state index in [9.17, 15) is 0 Å². The minimum Gasteiger partial charge on any atom is -1.00 e. The zero-order valence-electron chi connectivity index (χ0n) is 6.71. The van der Waals surface area contributed by atoms with Crippen LogP contribution in [0.1, 0.15) is 13.8 Å². The highest BCUT2D eigenvalue weighted by atomic mass is 35.5. The van der Waals surface area contributed by atoms with Crippen molar-refractivity contribution >= 4 is 0 Å². The number of hydrogen-bond acceptors (Lipinski definition) is 3. The van der Waals surface area contributed by atoms with E-state index in [-0.39, 0.29) is 31.8 Å². The molecular weight excluding hydrogens is 158 g/mol. The average molecular weight is 176 g/mol. The second-order valence-electron chi connectivity index (χ2n) is 1.35. The summed E-state index contributed by atoms with van der Waals surface area (Å²) < 4.78 is 0. The fraction of sp³-hybridized carbons (Fsp3) is 1.00. The Hall–Kier alpha value is 0.130. The summed E-state index contributed by atoms with van der Waals surface area (Å²) in [5, 5.41) is 23.6. The van der Waals surface area contributed by atoms with Gasteiger partial charge in [0.1, 0.15) is 0 Å². The Morgan fingerprint density at radius 1 is 1.30 bits per heavy atom. The Morgan fingerprint density at radius 3 is 1.40 bits per heavy atom. The molecule has 0 radical (unpaired) electrons. The predicted octanol–water partition coefficient (Wildman–Crippen LogP) is -3.26. The van der Waals surface area contributed by atoms with Crippen LogP contribution in [-0.4, -0.2) is 34.6 Å². The van der Waals surface area contributed by atoms with Crippen molar-refractivity contribution < 1.29 is 27.7 Å². The third-order valence-electron chi connectivity index (χ3n) is 0.264. The summed E-state index contributed by atoms with van der Waals surface area (Å²) in [5.74, 6) is 0. The van der Waals surface area contributed by atoms with E-state index in [0.717, 1.165) is 0 Å². The van der Waals surface area contributed by atoms with Gasteiger partial charge in [0.25, 0.3) is 0 Å². The summed E-state index contributed by atoms with van der Waals surface area (Å²) in [6, 6.07) is 0. The molecule has 5 heteroatoms. The van der Waals surface area contributed by atoms with Crippen molar-refractivity contribution in [1.82, 2.24) is 6.15 Å². The van der Waals surface area contributed by atoms with Gasteiger partial charge < -0.3 is 33.9 Å². The second kappa shape index (κ2) is 22.9. The van der Waals surface area contributed by atoms with Crippen molar-refractivity contribution in [3.8, 4) is 0 Å². The molecule has 0 aliphatic heterocycles. The van der Waals surface area contributed by atoms with Gasteiger partial charge in [-0.3, -0.25) is 0 Å². The molecule has 0 rings (SSSR count). The molecule has 1 atom stereocenters. The maximum absolute atomic E-state index is 8.11. The number of aliphatic hydroxyl groups excluding tert-OH is 3. The lowest BCUT2D eigenvalue weighted by molar-refractivity contribution is -0.00000572. The summed E-state index contributed by atoms with van der Waals surface area (Å²) in [4.78, 5) is 0. The fourth-order valence-corrected chi connectivity index (χ4v) is 0. The summed E-state index contributed by atoms with van der Waals surface area (Å²) in [5.41, 5.74) is 0. The van der Waals surface area contributed by atoms with E-state index in [1.165, 1.54) is 6.92 Å². The van der Waals surface area contributed by atoms with Crippen LogP contribution < -0.4 is 18.6 Å². The molecule has 1 unspecified atom stereocenters.